The molecule has 3 rings (SSSR count). The van der Waals surface area contributed by atoms with Gasteiger partial charge in [0.15, 0.2) is 0 Å². The van der Waals surface area contributed by atoms with Crippen LogP contribution in [-0.4, -0.2) is 10.1 Å². The number of aromatic nitrogens is 1. The quantitative estimate of drug-likeness (QED) is 0.712. The number of halogens is 1. The van der Waals surface area contributed by atoms with Crippen molar-refractivity contribution in [3.8, 4) is 34.2 Å². The topological polar surface area (TPSA) is 76.9 Å². The number of rotatable bonds is 3. The number of nitrogens with zero attached hydrogens (tertiary/aromatic N) is 1. The SMILES string of the molecule is N#CCc1c(-c2ccccc2)cc(-c2cc(Br)ccc2O)[nH]c1=O. The van der Waals surface area contributed by atoms with Crippen molar-refractivity contribution in [2.75, 3.05) is 0 Å². The molecule has 0 aliphatic heterocycles. The first-order valence-corrected chi connectivity index (χ1v) is 8.07. The second-order valence-corrected chi connectivity index (χ2v) is 6.18. The summed E-state index contributed by atoms with van der Waals surface area (Å²) in [6.07, 6.45) is 0.0182. The first-order chi connectivity index (χ1) is 11.6. The van der Waals surface area contributed by atoms with E-state index in [-0.39, 0.29) is 17.7 Å². The van der Waals surface area contributed by atoms with Crippen molar-refractivity contribution in [3.63, 3.8) is 0 Å². The molecule has 0 aliphatic rings. The van der Waals surface area contributed by atoms with Gasteiger partial charge in [0.1, 0.15) is 5.75 Å². The van der Waals surface area contributed by atoms with E-state index < -0.39 is 0 Å². The molecule has 0 amide bonds. The minimum atomic E-state index is -0.327. The number of phenols is 1. The monoisotopic (exact) mass is 380 g/mol. The van der Waals surface area contributed by atoms with Gasteiger partial charge in [0.25, 0.3) is 5.56 Å². The van der Waals surface area contributed by atoms with Gasteiger partial charge in [-0.05, 0) is 35.4 Å². The van der Waals surface area contributed by atoms with Gasteiger partial charge in [-0.3, -0.25) is 4.79 Å². The Bertz CT molecular complexity index is 988. The number of hydrogen-bond acceptors (Lipinski definition) is 3. The van der Waals surface area contributed by atoms with E-state index in [4.69, 9.17) is 5.26 Å². The van der Waals surface area contributed by atoms with Gasteiger partial charge < -0.3 is 10.1 Å². The lowest BCUT2D eigenvalue weighted by molar-refractivity contribution is 0.477. The van der Waals surface area contributed by atoms with Gasteiger partial charge in [-0.25, -0.2) is 0 Å². The Hall–Kier alpha value is -2.84. The summed E-state index contributed by atoms with van der Waals surface area (Å²) >= 11 is 3.37. The second-order valence-electron chi connectivity index (χ2n) is 5.27. The molecule has 0 bridgehead atoms. The summed E-state index contributed by atoms with van der Waals surface area (Å²) in [5, 5.41) is 19.2. The van der Waals surface area contributed by atoms with Crippen molar-refractivity contribution in [1.82, 2.24) is 4.98 Å². The van der Waals surface area contributed by atoms with Crippen molar-refractivity contribution in [2.24, 2.45) is 0 Å². The molecule has 0 radical (unpaired) electrons. The van der Waals surface area contributed by atoms with E-state index >= 15 is 0 Å². The molecular weight excluding hydrogens is 368 g/mol. The zero-order valence-corrected chi connectivity index (χ0v) is 14.2. The van der Waals surface area contributed by atoms with Gasteiger partial charge in [0, 0.05) is 15.6 Å². The van der Waals surface area contributed by atoms with Crippen LogP contribution in [0, 0.1) is 11.3 Å². The molecule has 1 heterocycles. The van der Waals surface area contributed by atoms with Crippen molar-refractivity contribution in [3.05, 3.63) is 75.0 Å². The molecule has 0 aliphatic carbocycles. The largest absolute Gasteiger partial charge is 0.507 e. The molecule has 2 N–H and O–H groups in total. The third kappa shape index (κ3) is 3.10. The molecule has 0 spiro atoms. The fourth-order valence-corrected chi connectivity index (χ4v) is 2.95. The summed E-state index contributed by atoms with van der Waals surface area (Å²) < 4.78 is 0.790. The van der Waals surface area contributed by atoms with Gasteiger partial charge in [0.2, 0.25) is 0 Å². The first kappa shape index (κ1) is 16.0. The highest BCUT2D eigenvalue weighted by atomic mass is 79.9. The summed E-state index contributed by atoms with van der Waals surface area (Å²) in [6.45, 7) is 0. The van der Waals surface area contributed by atoms with E-state index in [1.807, 2.05) is 36.4 Å². The Balaban J connectivity index is 2.28. The number of aromatic amines is 1. The number of H-pyrrole nitrogens is 1. The summed E-state index contributed by atoms with van der Waals surface area (Å²) in [6, 6.07) is 18.3. The zero-order valence-electron chi connectivity index (χ0n) is 12.6. The standard InChI is InChI=1S/C19H13BrN2O2/c20-13-6-7-18(23)16(10-13)17-11-15(12-4-2-1-3-5-12)14(8-9-21)19(24)22-17/h1-7,10-11,23H,8H2,(H,22,24). The smallest absolute Gasteiger partial charge is 0.253 e. The summed E-state index contributed by atoms with van der Waals surface area (Å²) in [5.41, 5.74) is 2.65. The summed E-state index contributed by atoms with van der Waals surface area (Å²) in [5.74, 6) is 0.0703. The average molecular weight is 381 g/mol. The van der Waals surface area contributed by atoms with Crippen LogP contribution in [0.3, 0.4) is 0 Å². The van der Waals surface area contributed by atoms with Crippen molar-refractivity contribution in [2.45, 2.75) is 6.42 Å². The van der Waals surface area contributed by atoms with Crippen LogP contribution in [0.15, 0.2) is 63.9 Å². The Kier molecular flexibility index (Phi) is 4.50. The Morgan fingerprint density at radius 3 is 2.54 bits per heavy atom. The Labute approximate surface area is 147 Å². The lowest BCUT2D eigenvalue weighted by Crippen LogP contribution is -2.14. The Morgan fingerprint density at radius 2 is 1.83 bits per heavy atom. The first-order valence-electron chi connectivity index (χ1n) is 7.27. The van der Waals surface area contributed by atoms with Crippen LogP contribution < -0.4 is 5.56 Å². The van der Waals surface area contributed by atoms with Crippen LogP contribution in [0.5, 0.6) is 5.75 Å². The normalized spacial score (nSPS) is 10.3. The van der Waals surface area contributed by atoms with Gasteiger partial charge in [0.05, 0.1) is 18.2 Å². The highest BCUT2D eigenvalue weighted by molar-refractivity contribution is 9.10. The molecule has 1 aromatic heterocycles. The lowest BCUT2D eigenvalue weighted by Gasteiger charge is -2.11. The predicted molar refractivity (Wildman–Crippen MR) is 96.6 cm³/mol. The Morgan fingerprint density at radius 1 is 1.08 bits per heavy atom. The number of phenolic OH excluding ortho intramolecular Hbond substituents is 1. The van der Waals surface area contributed by atoms with Crippen LogP contribution in [0.1, 0.15) is 5.56 Å². The van der Waals surface area contributed by atoms with Gasteiger partial charge in [-0.1, -0.05) is 46.3 Å². The molecule has 5 heteroatoms. The lowest BCUT2D eigenvalue weighted by atomic mass is 9.97. The molecule has 0 saturated heterocycles. The average Bonchev–Trinajstić information content (AvgIpc) is 2.59. The van der Waals surface area contributed by atoms with E-state index in [0.717, 1.165) is 10.0 Å². The van der Waals surface area contributed by atoms with E-state index in [1.54, 1.807) is 24.3 Å². The maximum atomic E-state index is 12.5. The number of aromatic hydroxyl groups is 1. The van der Waals surface area contributed by atoms with Crippen LogP contribution in [0.2, 0.25) is 0 Å². The van der Waals surface area contributed by atoms with Gasteiger partial charge in [-0.15, -0.1) is 0 Å². The molecule has 3 aromatic rings. The fraction of sp³-hybridized carbons (Fsp3) is 0.0526. The molecule has 2 aromatic carbocycles. The highest BCUT2D eigenvalue weighted by Crippen LogP contribution is 2.33. The predicted octanol–water partition coefficient (Wildman–Crippen LogP) is 4.24. The van der Waals surface area contributed by atoms with Crippen LogP contribution in [0.25, 0.3) is 22.4 Å². The number of pyridine rings is 1. The van der Waals surface area contributed by atoms with Crippen LogP contribution in [0.4, 0.5) is 0 Å². The zero-order chi connectivity index (χ0) is 17.1. The minimum Gasteiger partial charge on any atom is -0.507 e. The molecule has 0 fully saturated rings. The van der Waals surface area contributed by atoms with Gasteiger partial charge >= 0.3 is 0 Å². The highest BCUT2D eigenvalue weighted by Gasteiger charge is 2.14. The molecule has 0 saturated carbocycles. The molecule has 0 atom stereocenters. The van der Waals surface area contributed by atoms with Gasteiger partial charge in [-0.2, -0.15) is 5.26 Å². The maximum absolute atomic E-state index is 12.5. The third-order valence-electron chi connectivity index (χ3n) is 3.73. The van der Waals surface area contributed by atoms with Crippen LogP contribution in [-0.2, 0) is 6.42 Å². The number of nitrogens with one attached hydrogen (secondary N) is 1. The summed E-state index contributed by atoms with van der Waals surface area (Å²) in [7, 11) is 0. The molecule has 118 valence electrons. The molecule has 24 heavy (non-hydrogen) atoms. The van der Waals surface area contributed by atoms with E-state index in [9.17, 15) is 9.90 Å². The van der Waals surface area contributed by atoms with E-state index in [0.29, 0.717) is 22.4 Å². The maximum Gasteiger partial charge on any atom is 0.253 e. The summed E-state index contributed by atoms with van der Waals surface area (Å²) in [4.78, 5) is 15.3. The van der Waals surface area contributed by atoms with E-state index in [2.05, 4.69) is 20.9 Å². The fourth-order valence-electron chi connectivity index (χ4n) is 2.59. The number of hydrogen-bond donors (Lipinski definition) is 2. The molecular formula is C19H13BrN2O2. The van der Waals surface area contributed by atoms with Crippen molar-refractivity contribution in [1.29, 1.82) is 5.26 Å². The second kappa shape index (κ2) is 6.73. The number of nitriles is 1. The van der Waals surface area contributed by atoms with Crippen molar-refractivity contribution >= 4 is 15.9 Å². The van der Waals surface area contributed by atoms with Crippen LogP contribution >= 0.6 is 15.9 Å². The van der Waals surface area contributed by atoms with E-state index in [1.165, 1.54) is 0 Å². The molecule has 0 unspecified atom stereocenters. The minimum absolute atomic E-state index is 0.0182. The third-order valence-corrected chi connectivity index (χ3v) is 4.22. The molecule has 4 nitrogen and oxygen atoms in total. The number of benzene rings is 2. The van der Waals surface area contributed by atoms with Crippen molar-refractivity contribution < 1.29 is 5.11 Å².